The summed E-state index contributed by atoms with van der Waals surface area (Å²) < 4.78 is 42.8. The average Bonchev–Trinajstić information content (AvgIpc) is 3.21. The first-order chi connectivity index (χ1) is 18.7. The first-order valence-electron chi connectivity index (χ1n) is 12.5. The van der Waals surface area contributed by atoms with E-state index in [-0.39, 0.29) is 18.2 Å². The molecule has 2 heterocycles. The Labute approximate surface area is 229 Å². The van der Waals surface area contributed by atoms with Crippen molar-refractivity contribution in [3.8, 4) is 17.7 Å². The summed E-state index contributed by atoms with van der Waals surface area (Å²) in [7, 11) is 0. The molecule has 0 bridgehead atoms. The number of nitriles is 1. The molecule has 0 unspecified atom stereocenters. The van der Waals surface area contributed by atoms with Crippen molar-refractivity contribution in [2.75, 3.05) is 26.2 Å². The molecule has 1 aromatic heterocycles. The van der Waals surface area contributed by atoms with Crippen molar-refractivity contribution in [3.63, 3.8) is 0 Å². The van der Waals surface area contributed by atoms with Crippen LogP contribution in [0.2, 0.25) is 5.02 Å². The number of halogens is 4. The predicted molar refractivity (Wildman–Crippen MR) is 143 cm³/mol. The molecule has 0 aliphatic carbocycles. The van der Waals surface area contributed by atoms with Gasteiger partial charge in [0.25, 0.3) is 0 Å². The second-order valence-corrected chi connectivity index (χ2v) is 10.1. The molecule has 39 heavy (non-hydrogen) atoms. The van der Waals surface area contributed by atoms with Crippen molar-refractivity contribution >= 4 is 22.4 Å². The molecule has 10 heteroatoms. The molecule has 202 valence electrons. The lowest BCUT2D eigenvalue weighted by Crippen LogP contribution is -2.45. The molecular formula is C29H26ClF3N4O2. The van der Waals surface area contributed by atoms with Gasteiger partial charge in [0, 0.05) is 50.9 Å². The predicted octanol–water partition coefficient (Wildman–Crippen LogP) is 6.14. The van der Waals surface area contributed by atoms with Crippen molar-refractivity contribution in [1.29, 1.82) is 5.26 Å². The maximum atomic E-state index is 12.4. The molecule has 5 rings (SSSR count). The zero-order chi connectivity index (χ0) is 27.6. The fourth-order valence-corrected chi connectivity index (χ4v) is 5.24. The monoisotopic (exact) mass is 554 g/mol. The third-order valence-electron chi connectivity index (χ3n) is 6.84. The number of aromatic nitrogens is 1. The zero-order valence-corrected chi connectivity index (χ0v) is 21.7. The van der Waals surface area contributed by atoms with Crippen LogP contribution >= 0.6 is 11.6 Å². The van der Waals surface area contributed by atoms with Gasteiger partial charge in [0.05, 0.1) is 28.6 Å². The average molecular weight is 555 g/mol. The van der Waals surface area contributed by atoms with Gasteiger partial charge in [0.1, 0.15) is 5.75 Å². The van der Waals surface area contributed by atoms with Gasteiger partial charge < -0.3 is 14.4 Å². The van der Waals surface area contributed by atoms with Gasteiger partial charge in [0.15, 0.2) is 0 Å². The third-order valence-corrected chi connectivity index (χ3v) is 7.14. The van der Waals surface area contributed by atoms with Crippen molar-refractivity contribution in [1.82, 2.24) is 14.4 Å². The summed E-state index contributed by atoms with van der Waals surface area (Å²) >= 11 is 6.58. The number of piperazine rings is 1. The van der Waals surface area contributed by atoms with Crippen molar-refractivity contribution in [2.45, 2.75) is 26.0 Å². The molecule has 0 amide bonds. The topological polar surface area (TPSA) is 64.7 Å². The summed E-state index contributed by atoms with van der Waals surface area (Å²) in [6, 6.07) is 19.3. The molecule has 3 aromatic carbocycles. The van der Waals surface area contributed by atoms with E-state index in [0.717, 1.165) is 50.2 Å². The number of alkyl halides is 3. The van der Waals surface area contributed by atoms with Crippen LogP contribution in [0, 0.1) is 11.3 Å². The maximum Gasteiger partial charge on any atom is 0.573 e. The van der Waals surface area contributed by atoms with E-state index < -0.39 is 6.36 Å². The second kappa shape index (κ2) is 11.2. The van der Waals surface area contributed by atoms with Crippen LogP contribution in [0.4, 0.5) is 13.2 Å². The van der Waals surface area contributed by atoms with Gasteiger partial charge in [-0.05, 0) is 53.1 Å². The summed E-state index contributed by atoms with van der Waals surface area (Å²) in [5, 5.41) is 21.6. The fourth-order valence-electron chi connectivity index (χ4n) is 4.91. The summed E-state index contributed by atoms with van der Waals surface area (Å²) in [5.74, 6) is -0.288. The molecule has 4 aromatic rings. The van der Waals surface area contributed by atoms with Crippen LogP contribution < -0.4 is 4.74 Å². The Hall–Kier alpha value is -3.71. The maximum absolute atomic E-state index is 12.4. The molecule has 1 fully saturated rings. The standard InChI is InChI=1S/C29H26ClF3N4O2/c30-26-14-23(17-36-11-9-35(10-12-36)16-21-3-1-20(15-34)2-4-21)13-24-19-37(28(38)27(24)26)18-22-5-7-25(8-6-22)39-29(31,32)33/h1-8,13-14,19,38H,9-12,16-18H2. The SMILES string of the molecule is N#Cc1ccc(CN2CCN(Cc3cc(Cl)c4c(O)n(Cc5ccc(OC(F)(F)F)cc5)cc4c3)CC2)cc1. The number of aromatic hydroxyl groups is 1. The summed E-state index contributed by atoms with van der Waals surface area (Å²) in [6.45, 7) is 5.52. The van der Waals surface area contributed by atoms with Gasteiger partial charge in [-0.3, -0.25) is 9.80 Å². The van der Waals surface area contributed by atoms with Crippen LogP contribution in [0.5, 0.6) is 11.6 Å². The first-order valence-corrected chi connectivity index (χ1v) is 12.8. The number of benzene rings is 3. The van der Waals surface area contributed by atoms with Crippen LogP contribution in [0.1, 0.15) is 22.3 Å². The highest BCUT2D eigenvalue weighted by Gasteiger charge is 2.31. The van der Waals surface area contributed by atoms with Crippen molar-refractivity contribution in [3.05, 3.63) is 94.1 Å². The van der Waals surface area contributed by atoms with Gasteiger partial charge in [-0.15, -0.1) is 13.2 Å². The van der Waals surface area contributed by atoms with E-state index >= 15 is 0 Å². The van der Waals surface area contributed by atoms with Gasteiger partial charge >= 0.3 is 6.36 Å². The lowest BCUT2D eigenvalue weighted by atomic mass is 10.1. The second-order valence-electron chi connectivity index (χ2n) is 9.68. The first kappa shape index (κ1) is 26.9. The van der Waals surface area contributed by atoms with E-state index in [0.29, 0.717) is 21.5 Å². The van der Waals surface area contributed by atoms with E-state index in [1.165, 1.54) is 29.8 Å². The lowest BCUT2D eigenvalue weighted by molar-refractivity contribution is -0.274. The summed E-state index contributed by atoms with van der Waals surface area (Å²) in [5.41, 5.74) is 3.60. The van der Waals surface area contributed by atoms with E-state index in [4.69, 9.17) is 16.9 Å². The number of fused-ring (bicyclic) bond motifs is 1. The fraction of sp³-hybridized carbons (Fsp3) is 0.276. The minimum absolute atomic E-state index is 0.00795. The Morgan fingerprint density at radius 2 is 1.41 bits per heavy atom. The highest BCUT2D eigenvalue weighted by molar-refractivity contribution is 6.36. The molecule has 0 spiro atoms. The van der Waals surface area contributed by atoms with E-state index in [1.54, 1.807) is 10.8 Å². The Morgan fingerprint density at radius 3 is 2.00 bits per heavy atom. The number of hydrogen-bond donors (Lipinski definition) is 1. The highest BCUT2D eigenvalue weighted by Crippen LogP contribution is 2.35. The normalized spacial score (nSPS) is 14.9. The van der Waals surface area contributed by atoms with Crippen molar-refractivity contribution in [2.24, 2.45) is 0 Å². The van der Waals surface area contributed by atoms with Gasteiger partial charge in [-0.1, -0.05) is 35.9 Å². The molecule has 1 aliphatic rings. The third kappa shape index (κ3) is 6.66. The molecule has 0 atom stereocenters. The summed E-state index contributed by atoms with van der Waals surface area (Å²) in [6.07, 6.45) is -2.94. The molecule has 1 saturated heterocycles. The minimum Gasteiger partial charge on any atom is -0.494 e. The molecule has 0 radical (unpaired) electrons. The number of rotatable bonds is 7. The number of hydrogen-bond acceptors (Lipinski definition) is 5. The number of nitrogens with zero attached hydrogens (tertiary/aromatic N) is 4. The Kier molecular flexibility index (Phi) is 7.71. The lowest BCUT2D eigenvalue weighted by Gasteiger charge is -2.34. The minimum atomic E-state index is -4.74. The van der Waals surface area contributed by atoms with Gasteiger partial charge in [-0.2, -0.15) is 5.26 Å². The van der Waals surface area contributed by atoms with Crippen LogP contribution in [0.15, 0.2) is 66.9 Å². The molecule has 0 saturated carbocycles. The van der Waals surface area contributed by atoms with Crippen LogP contribution in [0.3, 0.4) is 0 Å². The smallest absolute Gasteiger partial charge is 0.494 e. The molecular weight excluding hydrogens is 529 g/mol. The molecule has 1 N–H and O–H groups in total. The van der Waals surface area contributed by atoms with E-state index in [1.807, 2.05) is 36.4 Å². The van der Waals surface area contributed by atoms with Gasteiger partial charge in [-0.25, -0.2) is 0 Å². The Morgan fingerprint density at radius 1 is 0.846 bits per heavy atom. The van der Waals surface area contributed by atoms with Crippen LogP contribution in [-0.2, 0) is 19.6 Å². The van der Waals surface area contributed by atoms with E-state index in [2.05, 4.69) is 20.6 Å². The Bertz CT molecular complexity index is 1490. The van der Waals surface area contributed by atoms with Gasteiger partial charge in [0.2, 0.25) is 5.88 Å². The molecule has 6 nitrogen and oxygen atoms in total. The summed E-state index contributed by atoms with van der Waals surface area (Å²) in [4.78, 5) is 4.77. The highest BCUT2D eigenvalue weighted by atomic mass is 35.5. The zero-order valence-electron chi connectivity index (χ0n) is 21.0. The van der Waals surface area contributed by atoms with Crippen LogP contribution in [0.25, 0.3) is 10.8 Å². The molecule has 1 aliphatic heterocycles. The quantitative estimate of drug-likeness (QED) is 0.297. The largest absolute Gasteiger partial charge is 0.573 e. The van der Waals surface area contributed by atoms with Crippen molar-refractivity contribution < 1.29 is 23.0 Å². The van der Waals surface area contributed by atoms with Crippen LogP contribution in [-0.4, -0.2) is 52.0 Å². The number of ether oxygens (including phenoxy) is 1. The Balaban J connectivity index is 1.21. The van der Waals surface area contributed by atoms with E-state index in [9.17, 15) is 18.3 Å².